The summed E-state index contributed by atoms with van der Waals surface area (Å²) < 4.78 is 0. The molecular formula is C19H23N3O. The van der Waals surface area contributed by atoms with Gasteiger partial charge in [0, 0.05) is 5.69 Å². The molecule has 1 heterocycles. The largest absolute Gasteiger partial charge is 0.350 e. The third-order valence-electron chi connectivity index (χ3n) is 5.95. The second-order valence-corrected chi connectivity index (χ2v) is 7.09. The SMILES string of the molecule is Cc1[nH]cnc1CNC(=O)C1(c2ccccc2)CC12CCCC2. The van der Waals surface area contributed by atoms with Crippen LogP contribution in [0.2, 0.25) is 0 Å². The molecule has 2 aromatic rings. The quantitative estimate of drug-likeness (QED) is 0.911. The summed E-state index contributed by atoms with van der Waals surface area (Å²) in [7, 11) is 0. The van der Waals surface area contributed by atoms with E-state index in [9.17, 15) is 4.79 Å². The number of aryl methyl sites for hydroxylation is 1. The molecule has 2 aliphatic rings. The summed E-state index contributed by atoms with van der Waals surface area (Å²) in [5.41, 5.74) is 2.99. The highest BCUT2D eigenvalue weighted by Crippen LogP contribution is 2.72. The number of nitrogens with zero attached hydrogens (tertiary/aromatic N) is 1. The first-order chi connectivity index (χ1) is 11.2. The highest BCUT2D eigenvalue weighted by atomic mass is 16.2. The Balaban J connectivity index is 1.60. The van der Waals surface area contributed by atoms with Gasteiger partial charge in [0.05, 0.1) is 24.0 Å². The molecule has 2 fully saturated rings. The Labute approximate surface area is 136 Å². The van der Waals surface area contributed by atoms with Crippen LogP contribution in [0.15, 0.2) is 36.7 Å². The van der Waals surface area contributed by atoms with E-state index in [-0.39, 0.29) is 16.7 Å². The van der Waals surface area contributed by atoms with Gasteiger partial charge in [-0.15, -0.1) is 0 Å². The number of H-pyrrole nitrogens is 1. The van der Waals surface area contributed by atoms with E-state index in [1.54, 1.807) is 6.33 Å². The number of hydrogen-bond acceptors (Lipinski definition) is 2. The second-order valence-electron chi connectivity index (χ2n) is 7.09. The van der Waals surface area contributed by atoms with Gasteiger partial charge in [-0.3, -0.25) is 4.79 Å². The third kappa shape index (κ3) is 2.12. The van der Waals surface area contributed by atoms with Gasteiger partial charge in [-0.25, -0.2) is 4.98 Å². The molecule has 1 aromatic carbocycles. The average Bonchev–Trinajstić information content (AvgIpc) is 2.86. The van der Waals surface area contributed by atoms with Crippen LogP contribution in [0.4, 0.5) is 0 Å². The Kier molecular flexibility index (Phi) is 3.29. The van der Waals surface area contributed by atoms with E-state index in [0.29, 0.717) is 6.54 Å². The third-order valence-corrected chi connectivity index (χ3v) is 5.95. The average molecular weight is 309 g/mol. The lowest BCUT2D eigenvalue weighted by Crippen LogP contribution is -2.38. The number of carbonyl (C=O) groups is 1. The molecule has 1 amide bonds. The van der Waals surface area contributed by atoms with Gasteiger partial charge in [0.15, 0.2) is 0 Å². The number of aromatic amines is 1. The molecule has 0 radical (unpaired) electrons. The van der Waals surface area contributed by atoms with Crippen molar-refractivity contribution in [1.82, 2.24) is 15.3 Å². The minimum atomic E-state index is -0.324. The minimum Gasteiger partial charge on any atom is -0.350 e. The Hall–Kier alpha value is -2.10. The van der Waals surface area contributed by atoms with Crippen LogP contribution in [0.5, 0.6) is 0 Å². The molecule has 4 rings (SSSR count). The molecule has 1 unspecified atom stereocenters. The molecule has 0 aliphatic heterocycles. The molecule has 0 bridgehead atoms. The summed E-state index contributed by atoms with van der Waals surface area (Å²) in [6.07, 6.45) is 7.53. The van der Waals surface area contributed by atoms with Gasteiger partial charge < -0.3 is 10.3 Å². The number of amides is 1. The number of imidazole rings is 1. The monoisotopic (exact) mass is 309 g/mol. The van der Waals surface area contributed by atoms with Crippen molar-refractivity contribution in [3.8, 4) is 0 Å². The van der Waals surface area contributed by atoms with Crippen molar-refractivity contribution in [3.63, 3.8) is 0 Å². The molecule has 2 N–H and O–H groups in total. The van der Waals surface area contributed by atoms with Gasteiger partial charge in [-0.05, 0) is 37.2 Å². The van der Waals surface area contributed by atoms with Gasteiger partial charge in [-0.1, -0.05) is 43.2 Å². The van der Waals surface area contributed by atoms with Gasteiger partial charge in [-0.2, -0.15) is 0 Å². The maximum Gasteiger partial charge on any atom is 0.231 e. The molecule has 1 atom stereocenters. The molecule has 2 aliphatic carbocycles. The fourth-order valence-corrected chi connectivity index (χ4v) is 4.58. The van der Waals surface area contributed by atoms with Crippen LogP contribution in [0.1, 0.15) is 49.1 Å². The molecule has 2 saturated carbocycles. The summed E-state index contributed by atoms with van der Waals surface area (Å²) >= 11 is 0. The minimum absolute atomic E-state index is 0.174. The van der Waals surface area contributed by atoms with E-state index in [4.69, 9.17) is 0 Å². The Morgan fingerprint density at radius 2 is 2.00 bits per heavy atom. The summed E-state index contributed by atoms with van der Waals surface area (Å²) in [5, 5.41) is 3.16. The molecular weight excluding hydrogens is 286 g/mol. The number of nitrogens with one attached hydrogen (secondary N) is 2. The Morgan fingerprint density at radius 1 is 1.26 bits per heavy atom. The van der Waals surface area contributed by atoms with Gasteiger partial charge in [0.25, 0.3) is 0 Å². The van der Waals surface area contributed by atoms with Crippen molar-refractivity contribution in [2.24, 2.45) is 5.41 Å². The topological polar surface area (TPSA) is 57.8 Å². The van der Waals surface area contributed by atoms with Gasteiger partial charge in [0.1, 0.15) is 0 Å². The summed E-state index contributed by atoms with van der Waals surface area (Å²) in [4.78, 5) is 20.5. The normalized spacial score (nSPS) is 24.7. The summed E-state index contributed by atoms with van der Waals surface area (Å²) in [6.45, 7) is 2.48. The summed E-state index contributed by atoms with van der Waals surface area (Å²) in [6, 6.07) is 10.3. The van der Waals surface area contributed by atoms with E-state index < -0.39 is 0 Å². The summed E-state index contributed by atoms with van der Waals surface area (Å²) in [5.74, 6) is 0.174. The number of hydrogen-bond donors (Lipinski definition) is 2. The predicted molar refractivity (Wildman–Crippen MR) is 88.8 cm³/mol. The van der Waals surface area contributed by atoms with Crippen LogP contribution in [0.3, 0.4) is 0 Å². The lowest BCUT2D eigenvalue weighted by Gasteiger charge is -2.22. The molecule has 1 aromatic heterocycles. The number of aromatic nitrogens is 2. The zero-order valence-electron chi connectivity index (χ0n) is 13.6. The smallest absolute Gasteiger partial charge is 0.231 e. The first kappa shape index (κ1) is 14.5. The number of rotatable bonds is 4. The number of carbonyl (C=O) groups excluding carboxylic acids is 1. The second kappa shape index (κ2) is 5.22. The fourth-order valence-electron chi connectivity index (χ4n) is 4.58. The van der Waals surface area contributed by atoms with Crippen molar-refractivity contribution in [1.29, 1.82) is 0 Å². The van der Waals surface area contributed by atoms with Gasteiger partial charge in [0.2, 0.25) is 5.91 Å². The van der Waals surface area contributed by atoms with E-state index >= 15 is 0 Å². The fraction of sp³-hybridized carbons (Fsp3) is 0.474. The lowest BCUT2D eigenvalue weighted by atomic mass is 9.84. The Bertz CT molecular complexity index is 715. The van der Waals surface area contributed by atoms with Crippen molar-refractivity contribution < 1.29 is 4.79 Å². The molecule has 0 saturated heterocycles. The van der Waals surface area contributed by atoms with E-state index in [1.807, 2.05) is 25.1 Å². The van der Waals surface area contributed by atoms with E-state index in [2.05, 4.69) is 27.4 Å². The van der Waals surface area contributed by atoms with Crippen LogP contribution >= 0.6 is 0 Å². The van der Waals surface area contributed by atoms with Crippen LogP contribution in [0, 0.1) is 12.3 Å². The number of benzene rings is 1. The zero-order chi connectivity index (χ0) is 15.9. The first-order valence-corrected chi connectivity index (χ1v) is 8.51. The molecule has 4 nitrogen and oxygen atoms in total. The molecule has 120 valence electrons. The maximum atomic E-state index is 13.1. The van der Waals surface area contributed by atoms with Gasteiger partial charge >= 0.3 is 0 Å². The van der Waals surface area contributed by atoms with E-state index in [1.165, 1.54) is 31.2 Å². The van der Waals surface area contributed by atoms with E-state index in [0.717, 1.165) is 17.8 Å². The van der Waals surface area contributed by atoms with Crippen molar-refractivity contribution in [2.75, 3.05) is 0 Å². The first-order valence-electron chi connectivity index (χ1n) is 8.51. The van der Waals surface area contributed by atoms with Crippen LogP contribution in [-0.4, -0.2) is 15.9 Å². The van der Waals surface area contributed by atoms with Crippen molar-refractivity contribution >= 4 is 5.91 Å². The van der Waals surface area contributed by atoms with Crippen molar-refractivity contribution in [3.05, 3.63) is 53.6 Å². The van der Waals surface area contributed by atoms with Crippen LogP contribution in [0.25, 0.3) is 0 Å². The Morgan fingerprint density at radius 3 is 2.65 bits per heavy atom. The molecule has 1 spiro atoms. The molecule has 4 heteroatoms. The highest BCUT2D eigenvalue weighted by Gasteiger charge is 2.72. The zero-order valence-corrected chi connectivity index (χ0v) is 13.6. The predicted octanol–water partition coefficient (Wildman–Crippen LogP) is 3.24. The maximum absolute atomic E-state index is 13.1. The van der Waals surface area contributed by atoms with Crippen LogP contribution in [-0.2, 0) is 16.8 Å². The standard InChI is InChI=1S/C19H23N3O/c1-14-16(22-13-21-14)11-20-17(23)19(15-7-3-2-4-8-15)12-18(19)9-5-6-10-18/h2-4,7-8,13H,5-6,9-12H2,1H3,(H,20,23)(H,21,22). The van der Waals surface area contributed by atoms with Crippen molar-refractivity contribution in [2.45, 2.75) is 51.0 Å². The van der Waals surface area contributed by atoms with Crippen LogP contribution < -0.4 is 5.32 Å². The molecule has 23 heavy (non-hydrogen) atoms. The lowest BCUT2D eigenvalue weighted by molar-refractivity contribution is -0.124. The highest BCUT2D eigenvalue weighted by molar-refractivity contribution is 5.93.